The molecule has 3 atom stereocenters. The van der Waals surface area contributed by atoms with Crippen LogP contribution in [0.5, 0.6) is 5.75 Å². The molecule has 3 rings (SSSR count). The van der Waals surface area contributed by atoms with Gasteiger partial charge in [-0.3, -0.25) is 9.59 Å². The quantitative estimate of drug-likeness (QED) is 0.184. The number of alkyl halides is 3. The molecule has 2 N–H and O–H groups in total. The third kappa shape index (κ3) is 9.61. The van der Waals surface area contributed by atoms with Gasteiger partial charge >= 0.3 is 6.18 Å². The fourth-order valence-corrected chi connectivity index (χ4v) is 5.18. The molecule has 0 spiro atoms. The van der Waals surface area contributed by atoms with E-state index >= 15 is 0 Å². The fourth-order valence-electron chi connectivity index (χ4n) is 4.75. The van der Waals surface area contributed by atoms with Crippen LogP contribution < -0.4 is 15.4 Å². The third-order valence-electron chi connectivity index (χ3n) is 7.35. The van der Waals surface area contributed by atoms with Crippen LogP contribution in [0.4, 0.5) is 13.2 Å². The van der Waals surface area contributed by atoms with E-state index in [1.54, 1.807) is 66.7 Å². The Balaban J connectivity index is 1.95. The van der Waals surface area contributed by atoms with Gasteiger partial charge in [0.25, 0.3) is 0 Å². The topological polar surface area (TPSA) is 84.5 Å². The van der Waals surface area contributed by atoms with Crippen LogP contribution in [-0.2, 0) is 20.8 Å². The second kappa shape index (κ2) is 15.1. The molecule has 6 nitrogen and oxygen atoms in total. The summed E-state index contributed by atoms with van der Waals surface area (Å²) in [5.74, 6) is -2.33. The van der Waals surface area contributed by atoms with Gasteiger partial charge in [-0.1, -0.05) is 79.0 Å². The molecule has 0 saturated heterocycles. The smallest absolute Gasteiger partial charge is 0.391 e. The molecule has 0 fully saturated rings. The molecule has 0 aromatic heterocycles. The summed E-state index contributed by atoms with van der Waals surface area (Å²) in [6, 6.07) is 17.2. The average Bonchev–Trinajstić information content (AvgIpc) is 2.97. The number of hydrogen-bond donors (Lipinski definition) is 2. The van der Waals surface area contributed by atoms with Crippen molar-refractivity contribution in [2.45, 2.75) is 56.8 Å². The minimum Gasteiger partial charge on any atom is -0.497 e. The lowest BCUT2D eigenvalue weighted by Gasteiger charge is -2.35. The number of rotatable bonds is 13. The van der Waals surface area contributed by atoms with Gasteiger partial charge in [0.05, 0.1) is 23.6 Å². The van der Waals surface area contributed by atoms with Crippen molar-refractivity contribution in [2.24, 2.45) is 5.92 Å². The van der Waals surface area contributed by atoms with Crippen molar-refractivity contribution in [3.8, 4) is 5.75 Å². The van der Waals surface area contributed by atoms with Crippen LogP contribution in [0.3, 0.4) is 0 Å². The van der Waals surface area contributed by atoms with E-state index in [9.17, 15) is 27.6 Å². The number of methoxy groups -OCH3 is 1. The van der Waals surface area contributed by atoms with E-state index < -0.39 is 47.8 Å². The minimum absolute atomic E-state index is 0.0756. The highest BCUT2D eigenvalue weighted by Crippen LogP contribution is 2.34. The summed E-state index contributed by atoms with van der Waals surface area (Å²) in [5.41, 5.74) is -0.237. The van der Waals surface area contributed by atoms with E-state index in [4.69, 9.17) is 39.5 Å². The first-order valence-corrected chi connectivity index (χ1v) is 14.8. The summed E-state index contributed by atoms with van der Waals surface area (Å²) in [6.07, 6.45) is -6.42. The van der Waals surface area contributed by atoms with Gasteiger partial charge in [-0.05, 0) is 59.0 Å². The Labute approximate surface area is 269 Å². The van der Waals surface area contributed by atoms with Crippen molar-refractivity contribution in [2.75, 3.05) is 7.11 Å². The molecule has 0 radical (unpaired) electrons. The van der Waals surface area contributed by atoms with Crippen LogP contribution in [0, 0.1) is 5.92 Å². The van der Waals surface area contributed by atoms with E-state index in [0.717, 1.165) is 5.56 Å². The molecule has 0 bridgehead atoms. The van der Waals surface area contributed by atoms with Gasteiger partial charge in [0.2, 0.25) is 11.8 Å². The molecule has 12 heteroatoms. The molecular weight excluding hydrogens is 640 g/mol. The van der Waals surface area contributed by atoms with Gasteiger partial charge < -0.3 is 20.2 Å². The first kappa shape index (κ1) is 35.2. The maximum absolute atomic E-state index is 13.6. The van der Waals surface area contributed by atoms with E-state index in [1.807, 2.05) is 0 Å². The highest BCUT2D eigenvalue weighted by molar-refractivity contribution is 6.42. The van der Waals surface area contributed by atoms with Crippen molar-refractivity contribution in [3.05, 3.63) is 98.5 Å². The maximum atomic E-state index is 13.6. The van der Waals surface area contributed by atoms with Crippen molar-refractivity contribution in [1.82, 2.24) is 10.6 Å². The summed E-state index contributed by atoms with van der Waals surface area (Å²) in [5, 5.41) is 6.04. The van der Waals surface area contributed by atoms with E-state index in [2.05, 4.69) is 10.6 Å². The van der Waals surface area contributed by atoms with Crippen LogP contribution in [0.1, 0.15) is 49.3 Å². The summed E-state index contributed by atoms with van der Waals surface area (Å²) in [6.45, 7) is 2.81. The summed E-state index contributed by atoms with van der Waals surface area (Å²) in [4.78, 5) is 39.2. The predicted molar refractivity (Wildman–Crippen MR) is 165 cm³/mol. The first-order valence-electron chi connectivity index (χ1n) is 13.6. The van der Waals surface area contributed by atoms with E-state index in [1.165, 1.54) is 21.0 Å². The molecule has 3 aromatic carbocycles. The molecule has 0 aliphatic rings. The Kier molecular flexibility index (Phi) is 12.1. The number of nitrogens with one attached hydrogen (secondary N) is 2. The van der Waals surface area contributed by atoms with Crippen LogP contribution in [0.2, 0.25) is 15.1 Å². The number of benzene rings is 3. The minimum atomic E-state index is -4.74. The van der Waals surface area contributed by atoms with Crippen molar-refractivity contribution < 1.29 is 32.3 Å². The van der Waals surface area contributed by atoms with Gasteiger partial charge in [-0.25, -0.2) is 0 Å². The standard InChI is InChI=1S/C32H32Cl3F3N2O4/c1-19(2)31(18-41,17-32(36,37)38)40-30(43)28(14-20-4-9-23(33)10-5-20)39-29(42)16-25(21-6-11-24(44-3)12-7-21)22-8-13-26(34)27(35)15-22/h4-13,15,18-19,25,28H,14,16-17H2,1-3H3,(H,39,42)(H,40,43)/t25?,28-,31+/m0/s1. The Bertz CT molecular complexity index is 1450. The first-order chi connectivity index (χ1) is 20.7. The Morgan fingerprint density at radius 3 is 2.05 bits per heavy atom. The highest BCUT2D eigenvalue weighted by Gasteiger charge is 2.46. The number of aldehydes is 1. The van der Waals surface area contributed by atoms with Gasteiger partial charge in [0.1, 0.15) is 23.6 Å². The highest BCUT2D eigenvalue weighted by atomic mass is 35.5. The van der Waals surface area contributed by atoms with Crippen molar-refractivity contribution in [1.29, 1.82) is 0 Å². The number of ether oxygens (including phenoxy) is 1. The largest absolute Gasteiger partial charge is 0.497 e. The van der Waals surface area contributed by atoms with Crippen molar-refractivity contribution in [3.63, 3.8) is 0 Å². The lowest BCUT2D eigenvalue weighted by Crippen LogP contribution is -2.60. The fraction of sp³-hybridized carbons (Fsp3) is 0.344. The van der Waals surface area contributed by atoms with Crippen LogP contribution in [0.25, 0.3) is 0 Å². The monoisotopic (exact) mass is 670 g/mol. The molecule has 1 unspecified atom stereocenters. The number of carbonyl (C=O) groups excluding carboxylic acids is 3. The van der Waals surface area contributed by atoms with Gasteiger partial charge in [0.15, 0.2) is 0 Å². The summed E-state index contributed by atoms with van der Waals surface area (Å²) >= 11 is 18.4. The van der Waals surface area contributed by atoms with Gasteiger partial charge in [-0.15, -0.1) is 0 Å². The van der Waals surface area contributed by atoms with E-state index in [0.29, 0.717) is 26.9 Å². The third-order valence-corrected chi connectivity index (χ3v) is 8.34. The zero-order valence-electron chi connectivity index (χ0n) is 24.2. The lowest BCUT2D eigenvalue weighted by molar-refractivity contribution is -0.161. The maximum Gasteiger partial charge on any atom is 0.391 e. The second-order valence-corrected chi connectivity index (χ2v) is 12.0. The molecule has 0 heterocycles. The molecule has 236 valence electrons. The molecular formula is C32H32Cl3F3N2O4. The normalized spacial score (nSPS) is 14.3. The lowest BCUT2D eigenvalue weighted by atomic mass is 9.83. The number of halogens is 6. The van der Waals surface area contributed by atoms with Crippen LogP contribution in [-0.4, -0.2) is 43.0 Å². The number of carbonyl (C=O) groups is 3. The van der Waals surface area contributed by atoms with Crippen LogP contribution >= 0.6 is 34.8 Å². The SMILES string of the molecule is COc1ccc(C(CC(=O)N[C@@H](Cc2ccc(Cl)cc2)C(=O)N[C@@](C=O)(CC(F)(F)F)C(C)C)c2ccc(Cl)c(Cl)c2)cc1. The summed E-state index contributed by atoms with van der Waals surface area (Å²) < 4.78 is 45.7. The zero-order chi connectivity index (χ0) is 32.7. The molecule has 0 aliphatic heterocycles. The zero-order valence-corrected chi connectivity index (χ0v) is 26.5. The summed E-state index contributed by atoms with van der Waals surface area (Å²) in [7, 11) is 1.53. The Morgan fingerprint density at radius 1 is 0.909 bits per heavy atom. The molecule has 0 aliphatic carbocycles. The van der Waals surface area contributed by atoms with Crippen molar-refractivity contribution >= 4 is 52.9 Å². The average molecular weight is 672 g/mol. The van der Waals surface area contributed by atoms with Gasteiger partial charge in [-0.2, -0.15) is 13.2 Å². The Morgan fingerprint density at radius 2 is 1.52 bits per heavy atom. The predicted octanol–water partition coefficient (Wildman–Crippen LogP) is 7.57. The molecule has 3 aromatic rings. The Hall–Kier alpha value is -3.27. The van der Waals surface area contributed by atoms with Crippen LogP contribution in [0.15, 0.2) is 66.7 Å². The van der Waals surface area contributed by atoms with Gasteiger partial charge in [0, 0.05) is 23.8 Å². The second-order valence-electron chi connectivity index (χ2n) is 10.7. The van der Waals surface area contributed by atoms with E-state index in [-0.39, 0.29) is 24.2 Å². The molecule has 44 heavy (non-hydrogen) atoms. The molecule has 0 saturated carbocycles. The number of hydrogen-bond acceptors (Lipinski definition) is 4. The molecule has 2 amide bonds. The number of amides is 2.